The smallest absolute Gasteiger partial charge is 0.120 e. The normalized spacial score (nSPS) is 15.9. The first-order valence-electron chi connectivity index (χ1n) is 6.80. The summed E-state index contributed by atoms with van der Waals surface area (Å²) in [6, 6.07) is 10.5. The minimum atomic E-state index is 0.114. The second-order valence-electron chi connectivity index (χ2n) is 5.05. The summed E-state index contributed by atoms with van der Waals surface area (Å²) in [6.45, 7) is 0. The molecule has 20 heavy (non-hydrogen) atoms. The Hall–Kier alpha value is -1.39. The van der Waals surface area contributed by atoms with Gasteiger partial charge in [0.2, 0.25) is 0 Å². The number of hydrogen-bond acceptors (Lipinski definition) is 3. The van der Waals surface area contributed by atoms with E-state index in [-0.39, 0.29) is 6.04 Å². The lowest BCUT2D eigenvalue weighted by molar-refractivity contribution is 0.302. The van der Waals surface area contributed by atoms with E-state index in [0.29, 0.717) is 6.10 Å². The van der Waals surface area contributed by atoms with Gasteiger partial charge in [-0.15, -0.1) is 0 Å². The molecule has 1 saturated carbocycles. The first kappa shape index (κ1) is 13.6. The van der Waals surface area contributed by atoms with Crippen LogP contribution in [0.5, 0.6) is 5.75 Å². The summed E-state index contributed by atoms with van der Waals surface area (Å²) >= 11 is 3.47. The second kappa shape index (κ2) is 5.94. The minimum Gasteiger partial charge on any atom is -0.490 e. The molecule has 1 heterocycles. The summed E-state index contributed by atoms with van der Waals surface area (Å²) < 4.78 is 6.85. The Morgan fingerprint density at radius 3 is 2.80 bits per heavy atom. The first-order valence-corrected chi connectivity index (χ1v) is 7.60. The fraction of sp³-hybridized carbons (Fsp3) is 0.312. The molecule has 3 rings (SSSR count). The van der Waals surface area contributed by atoms with E-state index in [1.807, 2.05) is 25.4 Å². The Kier molecular flexibility index (Phi) is 4.03. The zero-order valence-electron chi connectivity index (χ0n) is 11.3. The summed E-state index contributed by atoms with van der Waals surface area (Å²) in [6.07, 6.45) is 6.46. The standard InChI is InChI=1S/C16H17BrN2O/c1-18-16(12-7-13(17)10-19-9-12)11-3-2-4-15(8-11)20-14-5-6-14/h2-4,7-10,14,16,18H,5-6H2,1H3. The van der Waals surface area contributed by atoms with E-state index in [9.17, 15) is 0 Å². The molecular formula is C16H17BrN2O. The van der Waals surface area contributed by atoms with Crippen LogP contribution >= 0.6 is 15.9 Å². The summed E-state index contributed by atoms with van der Waals surface area (Å²) in [5, 5.41) is 3.34. The molecule has 3 nitrogen and oxygen atoms in total. The predicted molar refractivity (Wildman–Crippen MR) is 82.9 cm³/mol. The highest BCUT2D eigenvalue weighted by Crippen LogP contribution is 2.30. The van der Waals surface area contributed by atoms with E-state index in [2.05, 4.69) is 44.4 Å². The SMILES string of the molecule is CNC(c1cncc(Br)c1)c1cccc(OC2CC2)c1. The molecule has 1 atom stereocenters. The molecule has 1 aliphatic rings. The van der Waals surface area contributed by atoms with E-state index in [1.165, 1.54) is 18.4 Å². The van der Waals surface area contributed by atoms with Gasteiger partial charge < -0.3 is 10.1 Å². The molecule has 4 heteroatoms. The van der Waals surface area contributed by atoms with Crippen molar-refractivity contribution >= 4 is 15.9 Å². The maximum Gasteiger partial charge on any atom is 0.120 e. The van der Waals surface area contributed by atoms with E-state index in [0.717, 1.165) is 15.8 Å². The highest BCUT2D eigenvalue weighted by atomic mass is 79.9. The molecule has 1 unspecified atom stereocenters. The zero-order chi connectivity index (χ0) is 13.9. The number of pyridine rings is 1. The molecule has 0 radical (unpaired) electrons. The van der Waals surface area contributed by atoms with Crippen molar-refractivity contribution in [1.29, 1.82) is 0 Å². The first-order chi connectivity index (χ1) is 9.76. The molecule has 1 aromatic heterocycles. The maximum atomic E-state index is 5.87. The van der Waals surface area contributed by atoms with Crippen LogP contribution in [0.3, 0.4) is 0 Å². The molecule has 1 aliphatic carbocycles. The Balaban J connectivity index is 1.88. The number of nitrogens with one attached hydrogen (secondary N) is 1. The minimum absolute atomic E-state index is 0.114. The van der Waals surface area contributed by atoms with E-state index in [1.54, 1.807) is 6.20 Å². The van der Waals surface area contributed by atoms with Crippen LogP contribution in [0, 0.1) is 0 Å². The van der Waals surface area contributed by atoms with Crippen LogP contribution in [-0.2, 0) is 0 Å². The number of aromatic nitrogens is 1. The number of ether oxygens (including phenoxy) is 1. The van der Waals surface area contributed by atoms with Gasteiger partial charge in [-0.3, -0.25) is 4.98 Å². The second-order valence-corrected chi connectivity index (χ2v) is 5.96. The van der Waals surface area contributed by atoms with Crippen LogP contribution in [0.1, 0.15) is 30.0 Å². The zero-order valence-corrected chi connectivity index (χ0v) is 12.9. The van der Waals surface area contributed by atoms with Crippen molar-refractivity contribution in [3.63, 3.8) is 0 Å². The third kappa shape index (κ3) is 3.19. The number of benzene rings is 1. The summed E-state index contributed by atoms with van der Waals surface area (Å²) in [7, 11) is 1.96. The molecule has 0 spiro atoms. The fourth-order valence-corrected chi connectivity index (χ4v) is 2.64. The van der Waals surface area contributed by atoms with Crippen molar-refractivity contribution in [2.75, 3.05) is 7.05 Å². The van der Waals surface area contributed by atoms with Crippen LogP contribution in [0.25, 0.3) is 0 Å². The summed E-state index contributed by atoms with van der Waals surface area (Å²) in [4.78, 5) is 4.24. The third-order valence-corrected chi connectivity index (χ3v) is 3.80. The van der Waals surface area contributed by atoms with Gasteiger partial charge in [-0.2, -0.15) is 0 Å². The van der Waals surface area contributed by atoms with Gasteiger partial charge in [-0.05, 0) is 65.1 Å². The molecule has 104 valence electrons. The maximum absolute atomic E-state index is 5.87. The molecule has 0 aliphatic heterocycles. The van der Waals surface area contributed by atoms with Crippen molar-refractivity contribution in [2.24, 2.45) is 0 Å². The van der Waals surface area contributed by atoms with Crippen molar-refractivity contribution in [3.05, 3.63) is 58.3 Å². The number of rotatable bonds is 5. The molecule has 0 bridgehead atoms. The molecule has 0 amide bonds. The van der Waals surface area contributed by atoms with Gasteiger partial charge >= 0.3 is 0 Å². The summed E-state index contributed by atoms with van der Waals surface area (Å²) in [5.74, 6) is 0.952. The fourth-order valence-electron chi connectivity index (χ4n) is 2.26. The largest absolute Gasteiger partial charge is 0.490 e. The number of nitrogens with zero attached hydrogens (tertiary/aromatic N) is 1. The monoisotopic (exact) mass is 332 g/mol. The Bertz CT molecular complexity index is 599. The van der Waals surface area contributed by atoms with Crippen LogP contribution in [-0.4, -0.2) is 18.1 Å². The number of hydrogen-bond donors (Lipinski definition) is 1. The van der Waals surface area contributed by atoms with Gasteiger partial charge in [0.25, 0.3) is 0 Å². The molecule has 1 fully saturated rings. The topological polar surface area (TPSA) is 34.2 Å². The van der Waals surface area contributed by atoms with Crippen molar-refractivity contribution in [3.8, 4) is 5.75 Å². The van der Waals surface area contributed by atoms with Gasteiger partial charge in [-0.1, -0.05) is 12.1 Å². The van der Waals surface area contributed by atoms with E-state index < -0.39 is 0 Å². The van der Waals surface area contributed by atoms with Crippen LogP contribution < -0.4 is 10.1 Å². The van der Waals surface area contributed by atoms with Gasteiger partial charge in [0.05, 0.1) is 12.1 Å². The van der Waals surface area contributed by atoms with E-state index in [4.69, 9.17) is 4.74 Å². The Morgan fingerprint density at radius 1 is 1.25 bits per heavy atom. The summed E-state index contributed by atoms with van der Waals surface area (Å²) in [5.41, 5.74) is 2.32. The van der Waals surface area contributed by atoms with Gasteiger partial charge in [0, 0.05) is 16.9 Å². The Morgan fingerprint density at radius 2 is 2.10 bits per heavy atom. The van der Waals surface area contributed by atoms with Gasteiger partial charge in [0.1, 0.15) is 5.75 Å². The molecule has 1 aromatic carbocycles. The highest BCUT2D eigenvalue weighted by molar-refractivity contribution is 9.10. The quantitative estimate of drug-likeness (QED) is 0.906. The lowest BCUT2D eigenvalue weighted by Gasteiger charge is -2.18. The van der Waals surface area contributed by atoms with Crippen molar-refractivity contribution in [1.82, 2.24) is 10.3 Å². The van der Waals surface area contributed by atoms with Crippen LogP contribution in [0.2, 0.25) is 0 Å². The Labute approximate surface area is 127 Å². The lowest BCUT2D eigenvalue weighted by Crippen LogP contribution is -2.18. The molecular weight excluding hydrogens is 316 g/mol. The third-order valence-electron chi connectivity index (χ3n) is 3.37. The molecule has 1 N–H and O–H groups in total. The van der Waals surface area contributed by atoms with Crippen molar-refractivity contribution < 1.29 is 4.74 Å². The number of halogens is 1. The molecule has 0 saturated heterocycles. The van der Waals surface area contributed by atoms with Crippen molar-refractivity contribution in [2.45, 2.75) is 25.0 Å². The average molecular weight is 333 g/mol. The van der Waals surface area contributed by atoms with Crippen LogP contribution in [0.15, 0.2) is 47.2 Å². The highest BCUT2D eigenvalue weighted by Gasteiger charge is 2.23. The van der Waals surface area contributed by atoms with Gasteiger partial charge in [-0.25, -0.2) is 0 Å². The van der Waals surface area contributed by atoms with Crippen LogP contribution in [0.4, 0.5) is 0 Å². The van der Waals surface area contributed by atoms with E-state index >= 15 is 0 Å². The average Bonchev–Trinajstić information content (AvgIpc) is 3.24. The molecule has 2 aromatic rings. The predicted octanol–water partition coefficient (Wildman–Crippen LogP) is 3.69. The lowest BCUT2D eigenvalue weighted by atomic mass is 10.0. The van der Waals surface area contributed by atoms with Gasteiger partial charge in [0.15, 0.2) is 0 Å².